The monoisotopic (exact) mass is 232 g/mol. The number of unbranched alkanes of at least 4 members (excludes halogenated alkanes) is 1. The molecule has 0 saturated carbocycles. The lowest BCUT2D eigenvalue weighted by atomic mass is 10.1. The zero-order valence-corrected chi connectivity index (χ0v) is 10.3. The lowest BCUT2D eigenvalue weighted by Gasteiger charge is -2.03. The normalized spacial score (nSPS) is 11.1. The number of aromatic nitrogens is 1. The predicted octanol–water partition coefficient (Wildman–Crippen LogP) is 2.81. The highest BCUT2D eigenvalue weighted by Gasteiger charge is 2.06. The summed E-state index contributed by atoms with van der Waals surface area (Å²) >= 11 is 0. The van der Waals surface area contributed by atoms with Gasteiger partial charge in [-0.2, -0.15) is 0 Å². The van der Waals surface area contributed by atoms with Gasteiger partial charge in [0.2, 0.25) is 0 Å². The molecule has 3 N–H and O–H groups in total. The van der Waals surface area contributed by atoms with Gasteiger partial charge in [-0.15, -0.1) is 0 Å². The van der Waals surface area contributed by atoms with Crippen molar-refractivity contribution in [3.63, 3.8) is 0 Å². The number of phenolic OH excluding ortho intramolecular Hbond substituents is 1. The molecule has 0 saturated heterocycles. The molecular weight excluding hydrogens is 212 g/mol. The van der Waals surface area contributed by atoms with Gasteiger partial charge in [0.1, 0.15) is 5.75 Å². The Kier molecular flexibility index (Phi) is 4.04. The van der Waals surface area contributed by atoms with Crippen LogP contribution >= 0.6 is 0 Å². The van der Waals surface area contributed by atoms with Gasteiger partial charge in [0.05, 0.1) is 0 Å². The lowest BCUT2D eigenvalue weighted by Crippen LogP contribution is -2.18. The summed E-state index contributed by atoms with van der Waals surface area (Å²) in [6.07, 6.45) is 5.38. The van der Waals surface area contributed by atoms with E-state index in [1.165, 1.54) is 18.4 Å². The Labute approximate surface area is 102 Å². The number of hydrogen-bond acceptors (Lipinski definition) is 2. The number of H-pyrrole nitrogens is 1. The van der Waals surface area contributed by atoms with Crippen LogP contribution in [0.2, 0.25) is 0 Å². The second kappa shape index (κ2) is 5.73. The Hall–Kier alpha value is -1.48. The minimum absolute atomic E-state index is 0.368. The molecule has 0 aliphatic carbocycles. The molecule has 1 heterocycles. The molecule has 2 rings (SSSR count). The molecule has 2 aromatic rings. The molecule has 0 unspecified atom stereocenters. The maximum atomic E-state index is 9.84. The summed E-state index contributed by atoms with van der Waals surface area (Å²) in [6.45, 7) is 4.23. The molecule has 17 heavy (non-hydrogen) atoms. The van der Waals surface area contributed by atoms with Crippen molar-refractivity contribution in [3.05, 3.63) is 30.0 Å². The third-order valence-electron chi connectivity index (χ3n) is 3.04. The van der Waals surface area contributed by atoms with E-state index in [9.17, 15) is 5.11 Å². The third-order valence-corrected chi connectivity index (χ3v) is 3.04. The summed E-state index contributed by atoms with van der Waals surface area (Å²) in [5, 5.41) is 14.2. The van der Waals surface area contributed by atoms with E-state index in [1.54, 1.807) is 6.07 Å². The van der Waals surface area contributed by atoms with Gasteiger partial charge in [-0.3, -0.25) is 0 Å². The highest BCUT2D eigenvalue weighted by atomic mass is 16.3. The number of phenols is 1. The number of rotatable bonds is 6. The van der Waals surface area contributed by atoms with Crippen molar-refractivity contribution in [2.45, 2.75) is 26.2 Å². The highest BCUT2D eigenvalue weighted by Crippen LogP contribution is 2.27. The average Bonchev–Trinajstić information content (AvgIpc) is 2.74. The third kappa shape index (κ3) is 2.80. The summed E-state index contributed by atoms with van der Waals surface area (Å²) in [7, 11) is 0. The minimum Gasteiger partial charge on any atom is -0.507 e. The van der Waals surface area contributed by atoms with Crippen molar-refractivity contribution in [2.75, 3.05) is 13.1 Å². The number of hydrogen-bond donors (Lipinski definition) is 3. The summed E-state index contributed by atoms with van der Waals surface area (Å²) in [5.41, 5.74) is 2.19. The molecule has 3 nitrogen and oxygen atoms in total. The molecule has 3 heteroatoms. The molecule has 1 aromatic carbocycles. The van der Waals surface area contributed by atoms with Crippen LogP contribution in [0.25, 0.3) is 10.9 Å². The van der Waals surface area contributed by atoms with Gasteiger partial charge < -0.3 is 15.4 Å². The summed E-state index contributed by atoms with van der Waals surface area (Å²) in [6, 6.07) is 5.59. The summed E-state index contributed by atoms with van der Waals surface area (Å²) in [4.78, 5) is 3.19. The molecule has 0 atom stereocenters. The number of aromatic amines is 1. The van der Waals surface area contributed by atoms with Gasteiger partial charge in [-0.1, -0.05) is 19.4 Å². The van der Waals surface area contributed by atoms with Crippen LogP contribution in [0.4, 0.5) is 0 Å². The van der Waals surface area contributed by atoms with Crippen LogP contribution in [-0.2, 0) is 6.42 Å². The van der Waals surface area contributed by atoms with E-state index in [0.29, 0.717) is 5.75 Å². The molecule has 0 amide bonds. The second-order valence-electron chi connectivity index (χ2n) is 4.37. The molecule has 0 radical (unpaired) electrons. The van der Waals surface area contributed by atoms with Crippen LogP contribution < -0.4 is 5.32 Å². The highest BCUT2D eigenvalue weighted by molar-refractivity contribution is 5.88. The molecule has 0 aliphatic heterocycles. The second-order valence-corrected chi connectivity index (χ2v) is 4.37. The van der Waals surface area contributed by atoms with E-state index >= 15 is 0 Å². The van der Waals surface area contributed by atoms with Crippen LogP contribution in [0.1, 0.15) is 25.3 Å². The molecule has 0 bridgehead atoms. The first-order valence-corrected chi connectivity index (χ1v) is 6.31. The van der Waals surface area contributed by atoms with Gasteiger partial charge in [0.15, 0.2) is 0 Å². The van der Waals surface area contributed by atoms with Crippen molar-refractivity contribution in [3.8, 4) is 5.75 Å². The van der Waals surface area contributed by atoms with Gasteiger partial charge in [0, 0.05) is 17.1 Å². The first kappa shape index (κ1) is 12.0. The summed E-state index contributed by atoms with van der Waals surface area (Å²) in [5.74, 6) is 0.368. The van der Waals surface area contributed by atoms with E-state index in [0.717, 1.165) is 30.4 Å². The summed E-state index contributed by atoms with van der Waals surface area (Å²) < 4.78 is 0. The fraction of sp³-hybridized carbons (Fsp3) is 0.429. The van der Waals surface area contributed by atoms with Crippen molar-refractivity contribution >= 4 is 10.9 Å². The molecule has 1 aromatic heterocycles. The first-order chi connectivity index (χ1) is 8.33. The Bertz CT molecular complexity index is 476. The Morgan fingerprint density at radius 2 is 2.18 bits per heavy atom. The van der Waals surface area contributed by atoms with Crippen molar-refractivity contribution in [1.82, 2.24) is 10.3 Å². The number of aromatic hydroxyl groups is 1. The van der Waals surface area contributed by atoms with E-state index < -0.39 is 0 Å². The quantitative estimate of drug-likeness (QED) is 0.671. The largest absolute Gasteiger partial charge is 0.507 e. The first-order valence-electron chi connectivity index (χ1n) is 6.31. The van der Waals surface area contributed by atoms with Crippen LogP contribution in [-0.4, -0.2) is 23.2 Å². The minimum atomic E-state index is 0.368. The Balaban J connectivity index is 1.99. The van der Waals surface area contributed by atoms with Crippen LogP contribution in [0, 0.1) is 0 Å². The van der Waals surface area contributed by atoms with Gasteiger partial charge >= 0.3 is 0 Å². The number of fused-ring (bicyclic) bond motifs is 1. The lowest BCUT2D eigenvalue weighted by molar-refractivity contribution is 0.481. The number of nitrogens with one attached hydrogen (secondary N) is 2. The maximum absolute atomic E-state index is 9.84. The fourth-order valence-electron chi connectivity index (χ4n) is 2.08. The molecule has 0 aliphatic rings. The van der Waals surface area contributed by atoms with E-state index in [2.05, 4.69) is 17.2 Å². The molecule has 92 valence electrons. The van der Waals surface area contributed by atoms with Gasteiger partial charge in [-0.05, 0) is 43.6 Å². The van der Waals surface area contributed by atoms with Crippen molar-refractivity contribution in [2.24, 2.45) is 0 Å². The number of benzene rings is 1. The zero-order chi connectivity index (χ0) is 12.1. The van der Waals surface area contributed by atoms with E-state index in [4.69, 9.17) is 0 Å². The molecule has 0 spiro atoms. The topological polar surface area (TPSA) is 48.0 Å². The Morgan fingerprint density at radius 3 is 3.00 bits per heavy atom. The molecule has 0 fully saturated rings. The van der Waals surface area contributed by atoms with Crippen LogP contribution in [0.3, 0.4) is 0 Å². The van der Waals surface area contributed by atoms with E-state index in [-0.39, 0.29) is 0 Å². The van der Waals surface area contributed by atoms with Crippen LogP contribution in [0.5, 0.6) is 5.75 Å². The van der Waals surface area contributed by atoms with Gasteiger partial charge in [0.25, 0.3) is 0 Å². The van der Waals surface area contributed by atoms with Crippen LogP contribution in [0.15, 0.2) is 24.4 Å². The van der Waals surface area contributed by atoms with E-state index in [1.807, 2.05) is 18.3 Å². The van der Waals surface area contributed by atoms with Crippen molar-refractivity contribution < 1.29 is 5.11 Å². The predicted molar refractivity (Wildman–Crippen MR) is 71.4 cm³/mol. The fourth-order valence-corrected chi connectivity index (χ4v) is 2.08. The Morgan fingerprint density at radius 1 is 1.29 bits per heavy atom. The zero-order valence-electron chi connectivity index (χ0n) is 10.3. The average molecular weight is 232 g/mol. The standard InChI is InChI=1S/C14H20N2O/c1-2-3-8-15-9-7-11-10-16-12-5-4-6-13(17)14(11)12/h4-6,10,15-17H,2-3,7-9H2,1H3. The van der Waals surface area contributed by atoms with Gasteiger partial charge in [-0.25, -0.2) is 0 Å². The maximum Gasteiger partial charge on any atom is 0.125 e. The SMILES string of the molecule is CCCCNCCc1c[nH]c2cccc(O)c12. The smallest absolute Gasteiger partial charge is 0.125 e. The van der Waals surface area contributed by atoms with Crippen molar-refractivity contribution in [1.29, 1.82) is 0 Å². The molecular formula is C14H20N2O.